The van der Waals surface area contributed by atoms with Gasteiger partial charge in [0.15, 0.2) is 0 Å². The molecule has 0 saturated heterocycles. The van der Waals surface area contributed by atoms with Crippen LogP contribution in [0.1, 0.15) is 56.0 Å². The van der Waals surface area contributed by atoms with Crippen molar-refractivity contribution in [3.63, 3.8) is 0 Å². The van der Waals surface area contributed by atoms with Gasteiger partial charge in [-0.1, -0.05) is 62.6 Å². The first-order valence-electron chi connectivity index (χ1n) is 10.9. The number of benzene rings is 2. The first kappa shape index (κ1) is 21.1. The van der Waals surface area contributed by atoms with Crippen molar-refractivity contribution in [2.45, 2.75) is 65.3 Å². The molecular formula is C25H33N3O. The molecule has 1 aromatic heterocycles. The number of hydrogen-bond donors (Lipinski definition) is 1. The van der Waals surface area contributed by atoms with Crippen molar-refractivity contribution < 1.29 is 4.79 Å². The van der Waals surface area contributed by atoms with Crippen LogP contribution in [0.2, 0.25) is 0 Å². The third-order valence-electron chi connectivity index (χ3n) is 5.48. The largest absolute Gasteiger partial charge is 0.356 e. The second-order valence-electron chi connectivity index (χ2n) is 7.79. The van der Waals surface area contributed by atoms with Crippen LogP contribution in [-0.4, -0.2) is 22.0 Å². The predicted molar refractivity (Wildman–Crippen MR) is 120 cm³/mol. The number of amides is 1. The van der Waals surface area contributed by atoms with Crippen molar-refractivity contribution in [3.05, 3.63) is 65.5 Å². The lowest BCUT2D eigenvalue weighted by molar-refractivity contribution is -0.120. The van der Waals surface area contributed by atoms with E-state index in [2.05, 4.69) is 35.0 Å². The standard InChI is InChI=1S/C25H33N3O/c1-3-4-5-10-18-28-23-15-9-8-14-22(23)27-24(28)16-11-17-26-25(29)19-21-13-7-6-12-20(21)2/h6-9,12-15H,3-5,10-11,16-19H2,1-2H3,(H,26,29). The van der Waals surface area contributed by atoms with E-state index in [4.69, 9.17) is 4.98 Å². The SMILES string of the molecule is CCCCCCn1c(CCCNC(=O)Cc2ccccc2C)nc2ccccc21. The van der Waals surface area contributed by atoms with Crippen LogP contribution in [0.25, 0.3) is 11.0 Å². The van der Waals surface area contributed by atoms with Gasteiger partial charge in [-0.2, -0.15) is 0 Å². The average Bonchev–Trinajstić information content (AvgIpc) is 3.08. The first-order valence-corrected chi connectivity index (χ1v) is 10.9. The van der Waals surface area contributed by atoms with Gasteiger partial charge in [0.1, 0.15) is 5.82 Å². The molecule has 0 bridgehead atoms. The molecule has 4 heteroatoms. The molecule has 1 N–H and O–H groups in total. The van der Waals surface area contributed by atoms with Crippen LogP contribution in [0.5, 0.6) is 0 Å². The van der Waals surface area contributed by atoms with Gasteiger partial charge in [-0.05, 0) is 43.0 Å². The highest BCUT2D eigenvalue weighted by Crippen LogP contribution is 2.18. The van der Waals surface area contributed by atoms with E-state index in [0.717, 1.165) is 36.3 Å². The molecule has 0 spiro atoms. The van der Waals surface area contributed by atoms with Crippen LogP contribution in [0.4, 0.5) is 0 Å². The highest BCUT2D eigenvalue weighted by Gasteiger charge is 2.10. The van der Waals surface area contributed by atoms with Crippen LogP contribution < -0.4 is 5.32 Å². The normalized spacial score (nSPS) is 11.1. The van der Waals surface area contributed by atoms with Gasteiger partial charge in [0, 0.05) is 19.5 Å². The third-order valence-corrected chi connectivity index (χ3v) is 5.48. The Morgan fingerprint density at radius 1 is 1.00 bits per heavy atom. The Morgan fingerprint density at radius 2 is 1.79 bits per heavy atom. The molecule has 29 heavy (non-hydrogen) atoms. The van der Waals surface area contributed by atoms with Gasteiger partial charge in [-0.3, -0.25) is 4.79 Å². The molecular weight excluding hydrogens is 358 g/mol. The maximum absolute atomic E-state index is 12.3. The van der Waals surface area contributed by atoms with Gasteiger partial charge in [0.25, 0.3) is 0 Å². The fourth-order valence-corrected chi connectivity index (χ4v) is 3.78. The topological polar surface area (TPSA) is 46.9 Å². The second-order valence-corrected chi connectivity index (χ2v) is 7.79. The number of fused-ring (bicyclic) bond motifs is 1. The number of carbonyl (C=O) groups excluding carboxylic acids is 1. The molecule has 0 aliphatic carbocycles. The number of para-hydroxylation sites is 2. The minimum atomic E-state index is 0.0902. The van der Waals surface area contributed by atoms with E-state index in [1.54, 1.807) is 0 Å². The Morgan fingerprint density at radius 3 is 2.62 bits per heavy atom. The van der Waals surface area contributed by atoms with Crippen LogP contribution in [-0.2, 0) is 24.2 Å². The summed E-state index contributed by atoms with van der Waals surface area (Å²) in [4.78, 5) is 17.1. The van der Waals surface area contributed by atoms with Gasteiger partial charge in [-0.15, -0.1) is 0 Å². The smallest absolute Gasteiger partial charge is 0.224 e. The molecule has 2 aromatic carbocycles. The van der Waals surface area contributed by atoms with E-state index in [9.17, 15) is 4.79 Å². The van der Waals surface area contributed by atoms with Gasteiger partial charge < -0.3 is 9.88 Å². The number of aryl methyl sites for hydroxylation is 3. The molecule has 0 unspecified atom stereocenters. The summed E-state index contributed by atoms with van der Waals surface area (Å²) in [6, 6.07) is 16.4. The molecule has 0 atom stereocenters. The number of hydrogen-bond acceptors (Lipinski definition) is 2. The number of nitrogens with one attached hydrogen (secondary N) is 1. The molecule has 0 fully saturated rings. The molecule has 0 radical (unpaired) electrons. The number of aromatic nitrogens is 2. The summed E-state index contributed by atoms with van der Waals surface area (Å²) in [5.74, 6) is 1.23. The zero-order valence-corrected chi connectivity index (χ0v) is 17.8. The Labute approximate surface area is 174 Å². The van der Waals surface area contributed by atoms with Crippen molar-refractivity contribution in [1.29, 1.82) is 0 Å². The van der Waals surface area contributed by atoms with E-state index in [1.807, 2.05) is 37.3 Å². The Kier molecular flexibility index (Phi) is 7.85. The summed E-state index contributed by atoms with van der Waals surface area (Å²) in [5, 5.41) is 3.07. The molecule has 0 saturated carbocycles. The zero-order chi connectivity index (χ0) is 20.5. The van der Waals surface area contributed by atoms with Gasteiger partial charge in [-0.25, -0.2) is 4.98 Å². The fraction of sp³-hybridized carbons (Fsp3) is 0.440. The lowest BCUT2D eigenvalue weighted by Gasteiger charge is -2.10. The first-order chi connectivity index (χ1) is 14.2. The molecule has 0 aliphatic heterocycles. The van der Waals surface area contributed by atoms with Crippen molar-refractivity contribution in [2.24, 2.45) is 0 Å². The van der Waals surface area contributed by atoms with Gasteiger partial charge >= 0.3 is 0 Å². The van der Waals surface area contributed by atoms with E-state index >= 15 is 0 Å². The molecule has 1 heterocycles. The third kappa shape index (κ3) is 5.93. The average molecular weight is 392 g/mol. The fourth-order valence-electron chi connectivity index (χ4n) is 3.78. The maximum Gasteiger partial charge on any atom is 0.224 e. The minimum Gasteiger partial charge on any atom is -0.356 e. The van der Waals surface area contributed by atoms with Crippen LogP contribution in [0, 0.1) is 6.92 Å². The molecule has 0 aliphatic rings. The second kappa shape index (κ2) is 10.8. The summed E-state index contributed by atoms with van der Waals surface area (Å²) >= 11 is 0. The lowest BCUT2D eigenvalue weighted by atomic mass is 10.1. The minimum absolute atomic E-state index is 0.0902. The van der Waals surface area contributed by atoms with Gasteiger partial charge in [0.2, 0.25) is 5.91 Å². The van der Waals surface area contributed by atoms with E-state index < -0.39 is 0 Å². The highest BCUT2D eigenvalue weighted by atomic mass is 16.1. The highest BCUT2D eigenvalue weighted by molar-refractivity contribution is 5.79. The van der Waals surface area contributed by atoms with Crippen LogP contribution in [0.15, 0.2) is 48.5 Å². The maximum atomic E-state index is 12.3. The zero-order valence-electron chi connectivity index (χ0n) is 17.8. The van der Waals surface area contributed by atoms with E-state index in [1.165, 1.54) is 36.8 Å². The molecule has 3 rings (SSSR count). The van der Waals surface area contributed by atoms with E-state index in [-0.39, 0.29) is 5.91 Å². The van der Waals surface area contributed by atoms with Crippen LogP contribution >= 0.6 is 0 Å². The lowest BCUT2D eigenvalue weighted by Crippen LogP contribution is -2.26. The monoisotopic (exact) mass is 391 g/mol. The number of rotatable bonds is 11. The van der Waals surface area contributed by atoms with E-state index in [0.29, 0.717) is 13.0 Å². The van der Waals surface area contributed by atoms with Crippen molar-refractivity contribution in [2.75, 3.05) is 6.54 Å². The summed E-state index contributed by atoms with van der Waals surface area (Å²) in [6.07, 6.45) is 7.22. The van der Waals surface area contributed by atoms with Crippen molar-refractivity contribution >= 4 is 16.9 Å². The molecule has 3 aromatic rings. The number of imidazole rings is 1. The quantitative estimate of drug-likeness (QED) is 0.456. The Bertz CT molecular complexity index is 929. The van der Waals surface area contributed by atoms with Crippen molar-refractivity contribution in [1.82, 2.24) is 14.9 Å². The summed E-state index contributed by atoms with van der Waals surface area (Å²) in [7, 11) is 0. The molecule has 4 nitrogen and oxygen atoms in total. The Balaban J connectivity index is 1.53. The number of nitrogens with zero attached hydrogens (tertiary/aromatic N) is 2. The summed E-state index contributed by atoms with van der Waals surface area (Å²) < 4.78 is 2.38. The van der Waals surface area contributed by atoms with Gasteiger partial charge in [0.05, 0.1) is 17.5 Å². The Hall–Kier alpha value is -2.62. The van der Waals surface area contributed by atoms with Crippen molar-refractivity contribution in [3.8, 4) is 0 Å². The number of carbonyl (C=O) groups is 1. The predicted octanol–water partition coefficient (Wildman–Crippen LogP) is 5.22. The summed E-state index contributed by atoms with van der Waals surface area (Å²) in [6.45, 7) is 6.00. The molecule has 1 amide bonds. The van der Waals surface area contributed by atoms with Crippen LogP contribution in [0.3, 0.4) is 0 Å². The number of unbranched alkanes of at least 4 members (excludes halogenated alkanes) is 3. The summed E-state index contributed by atoms with van der Waals surface area (Å²) in [5.41, 5.74) is 4.56. The molecule has 154 valence electrons.